The smallest absolute Gasteiger partial charge is 0.239 e. The Morgan fingerprint density at radius 3 is 2.48 bits per heavy atom. The average Bonchev–Trinajstić information content (AvgIpc) is 2.45. The van der Waals surface area contributed by atoms with Crippen LogP contribution in [-0.4, -0.2) is 37.1 Å². The normalized spacial score (nSPS) is 11.6. The van der Waals surface area contributed by atoms with Crippen LogP contribution in [-0.2, 0) is 11.3 Å². The van der Waals surface area contributed by atoms with Crippen LogP contribution in [0.4, 0.5) is 0 Å². The second-order valence-electron chi connectivity index (χ2n) is 6.89. The van der Waals surface area contributed by atoms with Crippen molar-refractivity contribution in [3.63, 3.8) is 0 Å². The number of rotatable bonds is 6. The Morgan fingerprint density at radius 2 is 1.92 bits per heavy atom. The highest BCUT2D eigenvalue weighted by molar-refractivity contribution is 14.0. The van der Waals surface area contributed by atoms with Gasteiger partial charge in [0.05, 0.1) is 12.6 Å². The van der Waals surface area contributed by atoms with Gasteiger partial charge in [-0.2, -0.15) is 0 Å². The number of carbonyl (C=O) groups is 1. The van der Waals surface area contributed by atoms with E-state index in [1.54, 1.807) is 7.05 Å². The fraction of sp³-hybridized carbons (Fsp3) is 0.556. The number of amides is 1. The minimum atomic E-state index is -0.243. The second kappa shape index (κ2) is 11.2. The molecule has 0 saturated heterocycles. The Labute approximate surface area is 168 Å². The van der Waals surface area contributed by atoms with Crippen LogP contribution in [0.2, 0.25) is 0 Å². The number of hydrogen-bond donors (Lipinski definition) is 3. The SMILES string of the molecule is CN=C(NCC(=O)NC(C)(C)C)NCc1cccc(OC(C)C)c1.I. The first-order valence-corrected chi connectivity index (χ1v) is 8.21. The molecule has 0 atom stereocenters. The van der Waals surface area contributed by atoms with Crippen molar-refractivity contribution in [2.75, 3.05) is 13.6 Å². The van der Waals surface area contributed by atoms with Crippen molar-refractivity contribution < 1.29 is 9.53 Å². The van der Waals surface area contributed by atoms with Crippen LogP contribution in [0.25, 0.3) is 0 Å². The number of hydrogen-bond acceptors (Lipinski definition) is 3. The molecule has 6 nitrogen and oxygen atoms in total. The Balaban J connectivity index is 0.00000576. The van der Waals surface area contributed by atoms with Gasteiger partial charge in [0.15, 0.2) is 5.96 Å². The van der Waals surface area contributed by atoms with Crippen molar-refractivity contribution in [3.8, 4) is 5.75 Å². The van der Waals surface area contributed by atoms with Crippen molar-refractivity contribution >= 4 is 35.8 Å². The van der Waals surface area contributed by atoms with Crippen LogP contribution < -0.4 is 20.7 Å². The molecule has 0 unspecified atom stereocenters. The van der Waals surface area contributed by atoms with E-state index >= 15 is 0 Å². The molecule has 0 radical (unpaired) electrons. The van der Waals surface area contributed by atoms with Gasteiger partial charge in [-0.1, -0.05) is 12.1 Å². The molecule has 0 bridgehead atoms. The molecule has 0 aliphatic carbocycles. The Hall–Kier alpha value is -1.51. The fourth-order valence-corrected chi connectivity index (χ4v) is 2.03. The lowest BCUT2D eigenvalue weighted by molar-refractivity contribution is -0.121. The van der Waals surface area contributed by atoms with E-state index < -0.39 is 0 Å². The van der Waals surface area contributed by atoms with Gasteiger partial charge in [0.2, 0.25) is 5.91 Å². The first-order chi connectivity index (χ1) is 11.2. The molecule has 3 N–H and O–H groups in total. The Morgan fingerprint density at radius 1 is 1.24 bits per heavy atom. The van der Waals surface area contributed by atoms with Crippen molar-refractivity contribution in [1.29, 1.82) is 0 Å². The van der Waals surface area contributed by atoms with Crippen LogP contribution in [0.15, 0.2) is 29.3 Å². The van der Waals surface area contributed by atoms with E-state index in [1.165, 1.54) is 0 Å². The van der Waals surface area contributed by atoms with E-state index in [0.717, 1.165) is 11.3 Å². The molecule has 0 heterocycles. The number of nitrogens with zero attached hydrogens (tertiary/aromatic N) is 1. The van der Waals surface area contributed by atoms with Crippen LogP contribution >= 0.6 is 24.0 Å². The topological polar surface area (TPSA) is 74.8 Å². The van der Waals surface area contributed by atoms with Gasteiger partial charge >= 0.3 is 0 Å². The van der Waals surface area contributed by atoms with Gasteiger partial charge in [-0.3, -0.25) is 9.79 Å². The third-order valence-electron chi connectivity index (χ3n) is 2.88. The van der Waals surface area contributed by atoms with Gasteiger partial charge in [-0.25, -0.2) is 0 Å². The molecule has 0 aromatic heterocycles. The maximum Gasteiger partial charge on any atom is 0.239 e. The highest BCUT2D eigenvalue weighted by Crippen LogP contribution is 2.14. The zero-order valence-electron chi connectivity index (χ0n) is 16.0. The van der Waals surface area contributed by atoms with Crippen LogP contribution in [0.3, 0.4) is 0 Å². The summed E-state index contributed by atoms with van der Waals surface area (Å²) in [6, 6.07) is 7.90. The minimum absolute atomic E-state index is 0. The fourth-order valence-electron chi connectivity index (χ4n) is 2.03. The maximum atomic E-state index is 11.8. The number of ether oxygens (including phenoxy) is 1. The molecule has 1 aromatic rings. The van der Waals surface area contributed by atoms with Crippen molar-refractivity contribution in [1.82, 2.24) is 16.0 Å². The largest absolute Gasteiger partial charge is 0.491 e. The Bertz CT molecular complexity index is 568. The van der Waals surface area contributed by atoms with E-state index in [0.29, 0.717) is 12.5 Å². The molecule has 7 heteroatoms. The van der Waals surface area contributed by atoms with Crippen LogP contribution in [0.1, 0.15) is 40.2 Å². The molecular formula is C18H31IN4O2. The number of nitrogens with one attached hydrogen (secondary N) is 3. The number of halogens is 1. The Kier molecular flexibility index (Phi) is 10.5. The quantitative estimate of drug-likeness (QED) is 0.345. The summed E-state index contributed by atoms with van der Waals surface area (Å²) in [5, 5.41) is 9.09. The van der Waals surface area contributed by atoms with Crippen molar-refractivity contribution in [3.05, 3.63) is 29.8 Å². The molecular weight excluding hydrogens is 431 g/mol. The van der Waals surface area contributed by atoms with E-state index in [1.807, 2.05) is 58.9 Å². The lowest BCUT2D eigenvalue weighted by atomic mass is 10.1. The van der Waals surface area contributed by atoms with E-state index in [9.17, 15) is 4.79 Å². The summed E-state index contributed by atoms with van der Waals surface area (Å²) >= 11 is 0. The highest BCUT2D eigenvalue weighted by Gasteiger charge is 2.13. The predicted molar refractivity (Wildman–Crippen MR) is 114 cm³/mol. The van der Waals surface area contributed by atoms with Gasteiger partial charge in [0.1, 0.15) is 5.75 Å². The molecule has 0 fully saturated rings. The molecule has 0 aliphatic heterocycles. The van der Waals surface area contributed by atoms with Gasteiger partial charge in [-0.05, 0) is 52.3 Å². The number of aliphatic imine (C=N–C) groups is 1. The summed E-state index contributed by atoms with van der Waals surface area (Å²) in [6.07, 6.45) is 0.143. The summed E-state index contributed by atoms with van der Waals surface area (Å²) in [6.45, 7) is 10.6. The minimum Gasteiger partial charge on any atom is -0.491 e. The van der Waals surface area contributed by atoms with Gasteiger partial charge in [-0.15, -0.1) is 24.0 Å². The lowest BCUT2D eigenvalue weighted by Gasteiger charge is -2.21. The van der Waals surface area contributed by atoms with Crippen LogP contribution in [0.5, 0.6) is 5.75 Å². The zero-order chi connectivity index (χ0) is 18.2. The highest BCUT2D eigenvalue weighted by atomic mass is 127. The molecule has 0 spiro atoms. The van der Waals surface area contributed by atoms with Crippen LogP contribution in [0, 0.1) is 0 Å². The molecule has 0 aliphatic rings. The van der Waals surface area contributed by atoms with Gasteiger partial charge < -0.3 is 20.7 Å². The monoisotopic (exact) mass is 462 g/mol. The average molecular weight is 462 g/mol. The van der Waals surface area contributed by atoms with Crippen molar-refractivity contribution in [2.45, 2.75) is 52.8 Å². The third-order valence-corrected chi connectivity index (χ3v) is 2.88. The van der Waals surface area contributed by atoms with E-state index in [-0.39, 0.29) is 48.1 Å². The van der Waals surface area contributed by atoms with E-state index in [4.69, 9.17) is 4.74 Å². The summed E-state index contributed by atoms with van der Waals surface area (Å²) < 4.78 is 5.69. The van der Waals surface area contributed by atoms with E-state index in [2.05, 4.69) is 20.9 Å². The molecule has 142 valence electrons. The first-order valence-electron chi connectivity index (χ1n) is 8.21. The molecule has 0 saturated carbocycles. The number of guanidine groups is 1. The first kappa shape index (κ1) is 23.5. The van der Waals surface area contributed by atoms with Gasteiger partial charge in [0, 0.05) is 19.1 Å². The molecule has 1 aromatic carbocycles. The summed E-state index contributed by atoms with van der Waals surface area (Å²) in [5.74, 6) is 1.35. The third kappa shape index (κ3) is 10.9. The standard InChI is InChI=1S/C18H30N4O2.HI/c1-13(2)24-15-9-7-8-14(10-15)11-20-17(19-6)21-12-16(23)22-18(3,4)5;/h7-10,13H,11-12H2,1-6H3,(H,22,23)(H2,19,20,21);1H. The van der Waals surface area contributed by atoms with Gasteiger partial charge in [0.25, 0.3) is 0 Å². The van der Waals surface area contributed by atoms with Crippen molar-refractivity contribution in [2.24, 2.45) is 4.99 Å². The number of benzene rings is 1. The lowest BCUT2D eigenvalue weighted by Crippen LogP contribution is -2.48. The molecule has 1 rings (SSSR count). The molecule has 25 heavy (non-hydrogen) atoms. The second-order valence-corrected chi connectivity index (χ2v) is 6.89. The summed E-state index contributed by atoms with van der Waals surface area (Å²) in [4.78, 5) is 16.0. The molecule has 1 amide bonds. The zero-order valence-corrected chi connectivity index (χ0v) is 18.3. The predicted octanol–water partition coefficient (Wildman–Crippen LogP) is 2.67. The number of carbonyl (C=O) groups excluding carboxylic acids is 1. The maximum absolute atomic E-state index is 11.8. The summed E-state index contributed by atoms with van der Waals surface area (Å²) in [7, 11) is 1.68. The summed E-state index contributed by atoms with van der Waals surface area (Å²) in [5.41, 5.74) is 0.835.